The Bertz CT molecular complexity index is 1070. The van der Waals surface area contributed by atoms with Gasteiger partial charge in [-0.25, -0.2) is 4.39 Å². The van der Waals surface area contributed by atoms with Crippen molar-refractivity contribution < 1.29 is 8.91 Å². The molecule has 0 radical (unpaired) electrons. The van der Waals surface area contributed by atoms with Gasteiger partial charge in [-0.1, -0.05) is 41.2 Å². The molecular formula is C19H16FN5OS. The molecule has 0 saturated heterocycles. The van der Waals surface area contributed by atoms with E-state index in [1.54, 1.807) is 12.1 Å². The third-order valence-electron chi connectivity index (χ3n) is 4.12. The smallest absolute Gasteiger partial charge is 0.237 e. The maximum absolute atomic E-state index is 13.1. The number of hydrogen-bond acceptors (Lipinski definition) is 6. The SMILES string of the molecule is Cc1ccccc1-c1noc(CSc2nnc(-c3ccc(F)cc3)n2C)n1. The highest BCUT2D eigenvalue weighted by Gasteiger charge is 2.15. The molecule has 2 aromatic carbocycles. The Hall–Kier alpha value is -3.00. The van der Waals surface area contributed by atoms with E-state index in [9.17, 15) is 4.39 Å². The van der Waals surface area contributed by atoms with E-state index in [2.05, 4.69) is 20.3 Å². The molecule has 4 aromatic rings. The Kier molecular flexibility index (Phi) is 4.72. The third-order valence-corrected chi connectivity index (χ3v) is 5.12. The van der Waals surface area contributed by atoms with Crippen LogP contribution in [0.5, 0.6) is 0 Å². The van der Waals surface area contributed by atoms with Crippen LogP contribution in [0, 0.1) is 12.7 Å². The summed E-state index contributed by atoms with van der Waals surface area (Å²) in [7, 11) is 1.87. The molecule has 0 bridgehead atoms. The van der Waals surface area contributed by atoms with Crippen molar-refractivity contribution in [1.29, 1.82) is 0 Å². The summed E-state index contributed by atoms with van der Waals surface area (Å²) < 4.78 is 20.3. The normalized spacial score (nSPS) is 11.1. The Morgan fingerprint density at radius 2 is 1.85 bits per heavy atom. The second-order valence-electron chi connectivity index (χ2n) is 5.99. The van der Waals surface area contributed by atoms with Crippen molar-refractivity contribution in [1.82, 2.24) is 24.9 Å². The van der Waals surface area contributed by atoms with Crippen LogP contribution >= 0.6 is 11.8 Å². The highest BCUT2D eigenvalue weighted by Crippen LogP contribution is 2.26. The zero-order valence-electron chi connectivity index (χ0n) is 14.8. The maximum atomic E-state index is 13.1. The topological polar surface area (TPSA) is 69.6 Å². The Morgan fingerprint density at radius 1 is 1.07 bits per heavy atom. The molecule has 0 atom stereocenters. The molecule has 0 fully saturated rings. The average Bonchev–Trinajstić information content (AvgIpc) is 3.28. The lowest BCUT2D eigenvalue weighted by atomic mass is 10.1. The van der Waals surface area contributed by atoms with Crippen molar-refractivity contribution in [2.75, 3.05) is 0 Å². The van der Waals surface area contributed by atoms with Gasteiger partial charge in [-0.05, 0) is 36.8 Å². The molecule has 0 aliphatic rings. The molecule has 0 aliphatic heterocycles. The minimum Gasteiger partial charge on any atom is -0.338 e. The Morgan fingerprint density at radius 3 is 2.63 bits per heavy atom. The standard InChI is InChI=1S/C19H16FN5OS/c1-12-5-3-4-6-15(12)17-21-16(26-24-17)11-27-19-23-22-18(25(19)2)13-7-9-14(20)10-8-13/h3-10H,11H2,1-2H3. The van der Waals surface area contributed by atoms with E-state index >= 15 is 0 Å². The van der Waals surface area contributed by atoms with Crippen LogP contribution in [0.25, 0.3) is 22.8 Å². The van der Waals surface area contributed by atoms with Crippen molar-refractivity contribution in [3.05, 3.63) is 65.8 Å². The Labute approximate surface area is 159 Å². The number of rotatable bonds is 5. The van der Waals surface area contributed by atoms with Crippen molar-refractivity contribution in [3.63, 3.8) is 0 Å². The Balaban J connectivity index is 1.48. The van der Waals surface area contributed by atoms with Gasteiger partial charge in [0.05, 0.1) is 5.75 Å². The van der Waals surface area contributed by atoms with Crippen LogP contribution in [0.15, 0.2) is 58.2 Å². The first-order chi connectivity index (χ1) is 13.1. The van der Waals surface area contributed by atoms with Crippen molar-refractivity contribution in [2.24, 2.45) is 7.05 Å². The minimum absolute atomic E-state index is 0.281. The van der Waals surface area contributed by atoms with Crippen LogP contribution in [0.2, 0.25) is 0 Å². The highest BCUT2D eigenvalue weighted by atomic mass is 32.2. The lowest BCUT2D eigenvalue weighted by Gasteiger charge is -2.02. The zero-order chi connectivity index (χ0) is 18.8. The van der Waals surface area contributed by atoms with Gasteiger partial charge in [-0.3, -0.25) is 0 Å². The van der Waals surface area contributed by atoms with Gasteiger partial charge in [0.15, 0.2) is 11.0 Å². The van der Waals surface area contributed by atoms with Crippen LogP contribution in [0.4, 0.5) is 4.39 Å². The molecule has 136 valence electrons. The molecule has 2 aromatic heterocycles. The van der Waals surface area contributed by atoms with Gasteiger partial charge in [0.1, 0.15) is 5.82 Å². The second-order valence-corrected chi connectivity index (χ2v) is 6.93. The van der Waals surface area contributed by atoms with E-state index < -0.39 is 0 Å². The van der Waals surface area contributed by atoms with Gasteiger partial charge >= 0.3 is 0 Å². The van der Waals surface area contributed by atoms with Gasteiger partial charge in [0, 0.05) is 18.2 Å². The van der Waals surface area contributed by atoms with Crippen LogP contribution < -0.4 is 0 Å². The van der Waals surface area contributed by atoms with Gasteiger partial charge < -0.3 is 9.09 Å². The number of halogens is 1. The lowest BCUT2D eigenvalue weighted by Crippen LogP contribution is -1.95. The minimum atomic E-state index is -0.281. The van der Waals surface area contributed by atoms with Crippen molar-refractivity contribution in [2.45, 2.75) is 17.8 Å². The van der Waals surface area contributed by atoms with E-state index in [0.29, 0.717) is 28.4 Å². The summed E-state index contributed by atoms with van der Waals surface area (Å²) in [6, 6.07) is 14.1. The summed E-state index contributed by atoms with van der Waals surface area (Å²) in [5.74, 6) is 1.96. The first kappa shape index (κ1) is 17.4. The predicted octanol–water partition coefficient (Wildman–Crippen LogP) is 4.27. The fraction of sp³-hybridized carbons (Fsp3) is 0.158. The van der Waals surface area contributed by atoms with E-state index in [0.717, 1.165) is 16.7 Å². The predicted molar refractivity (Wildman–Crippen MR) is 100 cm³/mol. The molecule has 0 spiro atoms. The third kappa shape index (κ3) is 3.61. The molecule has 4 rings (SSSR count). The number of benzene rings is 2. The molecule has 0 unspecified atom stereocenters. The summed E-state index contributed by atoms with van der Waals surface area (Å²) in [6.07, 6.45) is 0. The van der Waals surface area contributed by atoms with E-state index in [1.165, 1.54) is 23.9 Å². The number of thioether (sulfide) groups is 1. The maximum Gasteiger partial charge on any atom is 0.237 e. The molecule has 0 aliphatic carbocycles. The fourth-order valence-electron chi connectivity index (χ4n) is 2.66. The summed E-state index contributed by atoms with van der Waals surface area (Å²) in [5.41, 5.74) is 2.85. The van der Waals surface area contributed by atoms with Gasteiger partial charge in [0.25, 0.3) is 0 Å². The number of aryl methyl sites for hydroxylation is 1. The lowest BCUT2D eigenvalue weighted by molar-refractivity contribution is 0.391. The van der Waals surface area contributed by atoms with Gasteiger partial charge in [-0.15, -0.1) is 10.2 Å². The van der Waals surface area contributed by atoms with Crippen LogP contribution in [0.1, 0.15) is 11.5 Å². The molecular weight excluding hydrogens is 365 g/mol. The number of hydrogen-bond donors (Lipinski definition) is 0. The summed E-state index contributed by atoms with van der Waals surface area (Å²) in [4.78, 5) is 4.46. The largest absolute Gasteiger partial charge is 0.338 e. The quantitative estimate of drug-likeness (QED) is 0.481. The molecule has 0 amide bonds. The van der Waals surface area contributed by atoms with Crippen LogP contribution in [0.3, 0.4) is 0 Å². The molecule has 8 heteroatoms. The van der Waals surface area contributed by atoms with Crippen LogP contribution in [-0.4, -0.2) is 24.9 Å². The second kappa shape index (κ2) is 7.32. The fourth-order valence-corrected chi connectivity index (χ4v) is 3.41. The monoisotopic (exact) mass is 381 g/mol. The number of aromatic nitrogens is 5. The van der Waals surface area contributed by atoms with E-state index in [-0.39, 0.29) is 5.82 Å². The zero-order valence-corrected chi connectivity index (χ0v) is 15.6. The number of nitrogens with zero attached hydrogens (tertiary/aromatic N) is 5. The molecule has 2 heterocycles. The molecule has 0 N–H and O–H groups in total. The first-order valence-corrected chi connectivity index (χ1v) is 9.27. The molecule has 0 saturated carbocycles. The van der Waals surface area contributed by atoms with E-state index in [4.69, 9.17) is 4.52 Å². The average molecular weight is 381 g/mol. The van der Waals surface area contributed by atoms with Crippen molar-refractivity contribution >= 4 is 11.8 Å². The first-order valence-electron chi connectivity index (χ1n) is 8.28. The van der Waals surface area contributed by atoms with Crippen LogP contribution in [-0.2, 0) is 12.8 Å². The van der Waals surface area contributed by atoms with Crippen molar-refractivity contribution in [3.8, 4) is 22.8 Å². The van der Waals surface area contributed by atoms with Gasteiger partial charge in [0.2, 0.25) is 11.7 Å². The summed E-state index contributed by atoms with van der Waals surface area (Å²) in [5, 5.41) is 13.2. The molecule has 6 nitrogen and oxygen atoms in total. The highest BCUT2D eigenvalue weighted by molar-refractivity contribution is 7.98. The summed E-state index contributed by atoms with van der Waals surface area (Å²) in [6.45, 7) is 2.01. The van der Waals surface area contributed by atoms with E-state index in [1.807, 2.05) is 42.8 Å². The van der Waals surface area contributed by atoms with Gasteiger partial charge in [-0.2, -0.15) is 4.98 Å². The molecule has 27 heavy (non-hydrogen) atoms. The summed E-state index contributed by atoms with van der Waals surface area (Å²) >= 11 is 1.45.